The maximum Gasteiger partial charge on any atom is 0.416 e. The number of rotatable bonds is 5. The molecule has 0 spiro atoms. The molecule has 0 radical (unpaired) electrons. The molecular formula is C25H22F3N3O3. The first kappa shape index (κ1) is 23.3. The largest absolute Gasteiger partial charge is 0.457 e. The minimum absolute atomic E-state index is 0.186. The van der Waals surface area contributed by atoms with Gasteiger partial charge in [-0.05, 0) is 48.0 Å². The molecule has 1 aliphatic heterocycles. The van der Waals surface area contributed by atoms with Gasteiger partial charge in [0.2, 0.25) is 11.8 Å². The van der Waals surface area contributed by atoms with E-state index in [0.717, 1.165) is 23.3 Å². The number of nitrogens with one attached hydrogen (secondary N) is 1. The average molecular weight is 469 g/mol. The van der Waals surface area contributed by atoms with Gasteiger partial charge in [-0.3, -0.25) is 9.59 Å². The second kappa shape index (κ2) is 9.18. The predicted octanol–water partition coefficient (Wildman–Crippen LogP) is 5.07. The van der Waals surface area contributed by atoms with Crippen molar-refractivity contribution in [3.8, 4) is 11.5 Å². The van der Waals surface area contributed by atoms with Crippen LogP contribution in [0.3, 0.4) is 0 Å². The molecule has 3 aromatic rings. The van der Waals surface area contributed by atoms with Gasteiger partial charge in [0, 0.05) is 26.1 Å². The number of likely N-dealkylation sites (N-methyl/N-ethyl adjacent to an activating group) is 1. The molecule has 2 amide bonds. The third kappa shape index (κ3) is 4.74. The maximum atomic E-state index is 13.0. The summed E-state index contributed by atoms with van der Waals surface area (Å²) in [5.41, 5.74) is 1.50. The molecule has 6 nitrogen and oxygen atoms in total. The summed E-state index contributed by atoms with van der Waals surface area (Å²) < 4.78 is 43.6. The number of para-hydroxylation sites is 1. The molecule has 3 aromatic carbocycles. The number of halogens is 3. The standard InChI is InChI=1S/C25H22F3N3O3/c1-16(32)31-22-6-4-3-5-21(22)23(30(31)2)24(33)29-15-17-7-11-19(12-8-17)34-20-13-9-18(10-14-20)25(26,27)28/h3-14,23H,15H2,1-2H3,(H,29,33). The van der Waals surface area contributed by atoms with Crippen molar-refractivity contribution in [3.63, 3.8) is 0 Å². The Balaban J connectivity index is 1.38. The molecular weight excluding hydrogens is 447 g/mol. The van der Waals surface area contributed by atoms with Crippen molar-refractivity contribution >= 4 is 17.5 Å². The Morgan fingerprint density at radius 1 is 0.941 bits per heavy atom. The van der Waals surface area contributed by atoms with E-state index in [-0.39, 0.29) is 24.1 Å². The van der Waals surface area contributed by atoms with Crippen LogP contribution < -0.4 is 15.1 Å². The van der Waals surface area contributed by atoms with Crippen LogP contribution in [0, 0.1) is 0 Å². The van der Waals surface area contributed by atoms with Crippen molar-refractivity contribution in [1.29, 1.82) is 0 Å². The predicted molar refractivity (Wildman–Crippen MR) is 120 cm³/mol. The second-order valence-corrected chi connectivity index (χ2v) is 7.85. The van der Waals surface area contributed by atoms with Gasteiger partial charge in [0.05, 0.1) is 11.3 Å². The van der Waals surface area contributed by atoms with E-state index in [2.05, 4.69) is 5.32 Å². The summed E-state index contributed by atoms with van der Waals surface area (Å²) in [6.07, 6.45) is -4.40. The van der Waals surface area contributed by atoms with Gasteiger partial charge in [-0.1, -0.05) is 30.3 Å². The third-order valence-corrected chi connectivity index (χ3v) is 5.50. The van der Waals surface area contributed by atoms with Crippen molar-refractivity contribution in [1.82, 2.24) is 10.3 Å². The molecule has 0 bridgehead atoms. The molecule has 0 aromatic heterocycles. The molecule has 9 heteroatoms. The number of alkyl halides is 3. The molecule has 1 atom stereocenters. The van der Waals surface area contributed by atoms with Crippen molar-refractivity contribution in [3.05, 3.63) is 89.5 Å². The number of fused-ring (bicyclic) bond motifs is 1. The van der Waals surface area contributed by atoms with Crippen molar-refractivity contribution < 1.29 is 27.5 Å². The quantitative estimate of drug-likeness (QED) is 0.567. The third-order valence-electron chi connectivity index (χ3n) is 5.50. The van der Waals surface area contributed by atoms with Gasteiger partial charge in [0.15, 0.2) is 0 Å². The van der Waals surface area contributed by atoms with Crippen LogP contribution in [0.5, 0.6) is 11.5 Å². The number of carbonyl (C=O) groups is 2. The second-order valence-electron chi connectivity index (χ2n) is 7.85. The molecule has 0 saturated carbocycles. The average Bonchev–Trinajstić information content (AvgIpc) is 3.10. The Morgan fingerprint density at radius 2 is 1.53 bits per heavy atom. The van der Waals surface area contributed by atoms with E-state index in [1.54, 1.807) is 42.4 Å². The van der Waals surface area contributed by atoms with Crippen molar-refractivity contribution in [2.24, 2.45) is 0 Å². The van der Waals surface area contributed by atoms with Crippen LogP contribution in [0.25, 0.3) is 0 Å². The van der Waals surface area contributed by atoms with Crippen LogP contribution >= 0.6 is 0 Å². The summed E-state index contributed by atoms with van der Waals surface area (Å²) in [5, 5.41) is 5.99. The fraction of sp³-hybridized carbons (Fsp3) is 0.200. The fourth-order valence-electron chi connectivity index (χ4n) is 3.91. The van der Waals surface area contributed by atoms with Crippen LogP contribution in [-0.2, 0) is 22.3 Å². The molecule has 1 unspecified atom stereocenters. The van der Waals surface area contributed by atoms with E-state index in [4.69, 9.17) is 4.74 Å². The van der Waals surface area contributed by atoms with E-state index in [1.165, 1.54) is 24.1 Å². The Kier molecular flexibility index (Phi) is 6.30. The van der Waals surface area contributed by atoms with E-state index >= 15 is 0 Å². The van der Waals surface area contributed by atoms with Crippen molar-refractivity contribution in [2.75, 3.05) is 12.1 Å². The van der Waals surface area contributed by atoms with Crippen molar-refractivity contribution in [2.45, 2.75) is 25.7 Å². The Bertz CT molecular complexity index is 1190. The van der Waals surface area contributed by atoms with Crippen LogP contribution in [0.1, 0.15) is 29.7 Å². The smallest absolute Gasteiger partial charge is 0.416 e. The zero-order valence-electron chi connectivity index (χ0n) is 18.5. The summed E-state index contributed by atoms with van der Waals surface area (Å²) in [4.78, 5) is 25.1. The molecule has 4 rings (SSSR count). The highest BCUT2D eigenvalue weighted by atomic mass is 19.4. The summed E-state index contributed by atoms with van der Waals surface area (Å²) in [7, 11) is 1.69. The maximum absolute atomic E-state index is 13.0. The minimum Gasteiger partial charge on any atom is -0.457 e. The van der Waals surface area contributed by atoms with Crippen LogP contribution in [-0.4, -0.2) is 23.9 Å². The summed E-state index contributed by atoms with van der Waals surface area (Å²) in [5.74, 6) is 0.307. The van der Waals surface area contributed by atoms with E-state index in [9.17, 15) is 22.8 Å². The molecule has 1 heterocycles. The van der Waals surface area contributed by atoms with Gasteiger partial charge in [0.1, 0.15) is 17.5 Å². The van der Waals surface area contributed by atoms with Gasteiger partial charge >= 0.3 is 6.18 Å². The normalized spacial score (nSPS) is 15.7. The first-order valence-electron chi connectivity index (χ1n) is 10.5. The molecule has 1 N–H and O–H groups in total. The number of hydrazine groups is 1. The van der Waals surface area contributed by atoms with E-state index < -0.39 is 17.8 Å². The first-order valence-corrected chi connectivity index (χ1v) is 10.5. The van der Waals surface area contributed by atoms with E-state index in [1.807, 2.05) is 18.2 Å². The molecule has 0 saturated heterocycles. The number of nitrogens with zero attached hydrogens (tertiary/aromatic N) is 2. The highest BCUT2D eigenvalue weighted by Crippen LogP contribution is 2.39. The number of anilines is 1. The molecule has 176 valence electrons. The van der Waals surface area contributed by atoms with Gasteiger partial charge in [0.25, 0.3) is 0 Å². The highest BCUT2D eigenvalue weighted by molar-refractivity contribution is 5.97. The van der Waals surface area contributed by atoms with Gasteiger partial charge in [-0.25, -0.2) is 5.01 Å². The number of hydrogen-bond acceptors (Lipinski definition) is 4. The molecule has 34 heavy (non-hydrogen) atoms. The number of ether oxygens (including phenoxy) is 1. The van der Waals surface area contributed by atoms with Crippen LogP contribution in [0.2, 0.25) is 0 Å². The number of carbonyl (C=O) groups excluding carboxylic acids is 2. The lowest BCUT2D eigenvalue weighted by Crippen LogP contribution is -2.44. The highest BCUT2D eigenvalue weighted by Gasteiger charge is 2.40. The summed E-state index contributed by atoms with van der Waals surface area (Å²) in [6.45, 7) is 1.70. The lowest BCUT2D eigenvalue weighted by atomic mass is 10.1. The van der Waals surface area contributed by atoms with Gasteiger partial charge in [-0.2, -0.15) is 18.2 Å². The topological polar surface area (TPSA) is 61.9 Å². The number of amides is 2. The zero-order valence-corrected chi connectivity index (χ0v) is 18.5. The Labute approximate surface area is 194 Å². The Hall–Kier alpha value is -3.85. The lowest BCUT2D eigenvalue weighted by Gasteiger charge is -2.27. The van der Waals surface area contributed by atoms with Crippen LogP contribution in [0.4, 0.5) is 18.9 Å². The summed E-state index contributed by atoms with van der Waals surface area (Å²) >= 11 is 0. The fourth-order valence-corrected chi connectivity index (χ4v) is 3.91. The monoisotopic (exact) mass is 469 g/mol. The van der Waals surface area contributed by atoms with Crippen LogP contribution in [0.15, 0.2) is 72.8 Å². The number of hydrogen-bond donors (Lipinski definition) is 1. The first-order chi connectivity index (χ1) is 16.1. The summed E-state index contributed by atoms with van der Waals surface area (Å²) in [6, 6.07) is 17.9. The lowest BCUT2D eigenvalue weighted by molar-refractivity contribution is -0.137. The SMILES string of the molecule is CC(=O)N1c2ccccc2C(C(=O)NCc2ccc(Oc3ccc(C(F)(F)F)cc3)cc2)N1C. The number of benzene rings is 3. The zero-order chi connectivity index (χ0) is 24.5. The molecule has 0 fully saturated rings. The Morgan fingerprint density at radius 3 is 2.12 bits per heavy atom. The molecule has 0 aliphatic carbocycles. The van der Waals surface area contributed by atoms with Gasteiger partial charge < -0.3 is 10.1 Å². The van der Waals surface area contributed by atoms with E-state index in [0.29, 0.717) is 11.4 Å². The van der Waals surface area contributed by atoms with Gasteiger partial charge in [-0.15, -0.1) is 0 Å². The molecule has 1 aliphatic rings. The minimum atomic E-state index is -4.40.